The van der Waals surface area contributed by atoms with Gasteiger partial charge in [-0.25, -0.2) is 4.79 Å². The number of ether oxygens (including phenoxy) is 2. The number of likely N-dealkylation sites (tertiary alicyclic amines) is 1. The van der Waals surface area contributed by atoms with E-state index in [9.17, 15) is 14.4 Å². The molecule has 0 N–H and O–H groups in total. The average molecular weight is 269 g/mol. The van der Waals surface area contributed by atoms with E-state index in [0.717, 1.165) is 6.42 Å². The van der Waals surface area contributed by atoms with Crippen molar-refractivity contribution in [2.45, 2.75) is 45.4 Å². The van der Waals surface area contributed by atoms with Crippen LogP contribution in [0.25, 0.3) is 0 Å². The number of nitrogens with zero attached hydrogens (tertiary/aromatic N) is 1. The standard InChI is InChI=1S/C13H19NO5/c1-4-6-7-10-8-11(16)14(10)12(19-9(3)15)13(17)18-5-2/h4,10,12H,1,5-8H2,2-3H3. The summed E-state index contributed by atoms with van der Waals surface area (Å²) < 4.78 is 9.75. The van der Waals surface area contributed by atoms with E-state index in [-0.39, 0.29) is 18.6 Å². The van der Waals surface area contributed by atoms with Crippen molar-refractivity contribution >= 4 is 17.8 Å². The second kappa shape index (κ2) is 6.92. The monoisotopic (exact) mass is 269 g/mol. The summed E-state index contributed by atoms with van der Waals surface area (Å²) in [4.78, 5) is 35.7. The van der Waals surface area contributed by atoms with Crippen LogP contribution in [0.5, 0.6) is 0 Å². The molecule has 2 unspecified atom stereocenters. The van der Waals surface area contributed by atoms with E-state index in [1.54, 1.807) is 13.0 Å². The highest BCUT2D eigenvalue weighted by Crippen LogP contribution is 2.27. The first-order valence-electron chi connectivity index (χ1n) is 6.27. The van der Waals surface area contributed by atoms with Crippen molar-refractivity contribution in [3.8, 4) is 0 Å². The minimum Gasteiger partial charge on any atom is -0.462 e. The van der Waals surface area contributed by atoms with E-state index in [1.165, 1.54) is 11.8 Å². The fourth-order valence-electron chi connectivity index (χ4n) is 1.96. The number of carbonyl (C=O) groups excluding carboxylic acids is 3. The van der Waals surface area contributed by atoms with Crippen LogP contribution < -0.4 is 0 Å². The highest BCUT2D eigenvalue weighted by atomic mass is 16.6. The molecular formula is C13H19NO5. The van der Waals surface area contributed by atoms with E-state index in [0.29, 0.717) is 12.8 Å². The molecule has 0 bridgehead atoms. The molecule has 0 aromatic heterocycles. The quantitative estimate of drug-likeness (QED) is 0.392. The summed E-state index contributed by atoms with van der Waals surface area (Å²) in [5.74, 6) is -1.55. The topological polar surface area (TPSA) is 72.9 Å². The summed E-state index contributed by atoms with van der Waals surface area (Å²) in [5.41, 5.74) is 0. The van der Waals surface area contributed by atoms with Crippen molar-refractivity contribution in [2.24, 2.45) is 0 Å². The van der Waals surface area contributed by atoms with Gasteiger partial charge in [0, 0.05) is 19.4 Å². The Bertz CT molecular complexity index is 379. The lowest BCUT2D eigenvalue weighted by Crippen LogP contribution is -2.61. The normalized spacial score (nSPS) is 19.4. The fourth-order valence-corrected chi connectivity index (χ4v) is 1.96. The van der Waals surface area contributed by atoms with E-state index in [4.69, 9.17) is 9.47 Å². The zero-order valence-corrected chi connectivity index (χ0v) is 11.3. The summed E-state index contributed by atoms with van der Waals surface area (Å²) in [5, 5.41) is 0. The molecule has 1 saturated heterocycles. The first-order valence-corrected chi connectivity index (χ1v) is 6.27. The number of amides is 1. The number of carbonyl (C=O) groups is 3. The molecule has 1 aliphatic rings. The molecule has 1 fully saturated rings. The number of allylic oxidation sites excluding steroid dienone is 1. The van der Waals surface area contributed by atoms with Gasteiger partial charge in [0.1, 0.15) is 0 Å². The Morgan fingerprint density at radius 3 is 2.74 bits per heavy atom. The predicted octanol–water partition coefficient (Wildman–Crippen LogP) is 1.01. The largest absolute Gasteiger partial charge is 0.462 e. The first kappa shape index (κ1) is 15.2. The summed E-state index contributed by atoms with van der Waals surface area (Å²) in [6.45, 7) is 6.61. The number of esters is 2. The van der Waals surface area contributed by atoms with Gasteiger partial charge in [-0.15, -0.1) is 6.58 Å². The first-order chi connectivity index (χ1) is 9.01. The lowest BCUT2D eigenvalue weighted by molar-refractivity contribution is -0.195. The van der Waals surface area contributed by atoms with Crippen LogP contribution >= 0.6 is 0 Å². The Labute approximate surface area is 112 Å². The third-order valence-electron chi connectivity index (χ3n) is 2.81. The molecule has 0 saturated carbocycles. The molecule has 6 nitrogen and oxygen atoms in total. The Kier molecular flexibility index (Phi) is 5.54. The van der Waals surface area contributed by atoms with Crippen molar-refractivity contribution in [3.63, 3.8) is 0 Å². The molecule has 19 heavy (non-hydrogen) atoms. The van der Waals surface area contributed by atoms with Gasteiger partial charge in [-0.1, -0.05) is 6.08 Å². The van der Waals surface area contributed by atoms with E-state index in [2.05, 4.69) is 6.58 Å². The van der Waals surface area contributed by atoms with E-state index >= 15 is 0 Å². The highest BCUT2D eigenvalue weighted by Gasteiger charge is 2.45. The third-order valence-corrected chi connectivity index (χ3v) is 2.81. The van der Waals surface area contributed by atoms with Crippen molar-refractivity contribution < 1.29 is 23.9 Å². The van der Waals surface area contributed by atoms with E-state index < -0.39 is 18.2 Å². The highest BCUT2D eigenvalue weighted by molar-refractivity contribution is 5.89. The van der Waals surface area contributed by atoms with Crippen LogP contribution in [0.15, 0.2) is 12.7 Å². The molecule has 0 aliphatic carbocycles. The zero-order valence-electron chi connectivity index (χ0n) is 11.3. The Morgan fingerprint density at radius 1 is 1.58 bits per heavy atom. The lowest BCUT2D eigenvalue weighted by atomic mass is 9.96. The van der Waals surface area contributed by atoms with Crippen LogP contribution in [0.4, 0.5) is 0 Å². The number of hydrogen-bond donors (Lipinski definition) is 0. The molecule has 0 spiro atoms. The molecule has 6 heteroatoms. The minimum absolute atomic E-state index is 0.112. The molecule has 0 aromatic rings. The number of rotatable bonds is 7. The Hall–Kier alpha value is -1.85. The average Bonchev–Trinajstić information content (AvgIpc) is 2.33. The van der Waals surface area contributed by atoms with Crippen molar-refractivity contribution in [3.05, 3.63) is 12.7 Å². The van der Waals surface area contributed by atoms with Gasteiger partial charge >= 0.3 is 11.9 Å². The van der Waals surface area contributed by atoms with Crippen LogP contribution in [-0.4, -0.2) is 41.6 Å². The number of β-lactam (4-membered cyclic amide) rings is 1. The maximum atomic E-state index is 11.8. The second-order valence-electron chi connectivity index (χ2n) is 4.24. The molecular weight excluding hydrogens is 250 g/mol. The molecule has 1 heterocycles. The van der Waals surface area contributed by atoms with Gasteiger partial charge in [0.2, 0.25) is 5.91 Å². The van der Waals surface area contributed by atoms with Crippen LogP contribution in [-0.2, 0) is 23.9 Å². The maximum Gasteiger partial charge on any atom is 0.369 e. The lowest BCUT2D eigenvalue weighted by Gasteiger charge is -2.43. The molecule has 1 amide bonds. The maximum absolute atomic E-state index is 11.8. The van der Waals surface area contributed by atoms with Gasteiger partial charge in [0.05, 0.1) is 6.61 Å². The molecule has 1 aliphatic heterocycles. The molecule has 0 aromatic carbocycles. The SMILES string of the molecule is C=CCCC1CC(=O)N1C(OC(C)=O)C(=O)OCC. The fraction of sp³-hybridized carbons (Fsp3) is 0.615. The molecule has 0 radical (unpaired) electrons. The summed E-state index contributed by atoms with van der Waals surface area (Å²) in [6.07, 6.45) is 2.24. The van der Waals surface area contributed by atoms with Crippen LogP contribution in [0, 0.1) is 0 Å². The van der Waals surface area contributed by atoms with Crippen molar-refractivity contribution in [1.29, 1.82) is 0 Å². The van der Waals surface area contributed by atoms with Crippen LogP contribution in [0.2, 0.25) is 0 Å². The van der Waals surface area contributed by atoms with Gasteiger partial charge < -0.3 is 9.47 Å². The van der Waals surface area contributed by atoms with Gasteiger partial charge in [0.25, 0.3) is 6.23 Å². The van der Waals surface area contributed by atoms with Gasteiger partial charge in [0.15, 0.2) is 0 Å². The Balaban J connectivity index is 2.76. The summed E-state index contributed by atoms with van der Waals surface area (Å²) >= 11 is 0. The molecule has 1 rings (SSSR count). The second-order valence-corrected chi connectivity index (χ2v) is 4.24. The predicted molar refractivity (Wildman–Crippen MR) is 66.9 cm³/mol. The van der Waals surface area contributed by atoms with Gasteiger partial charge in [-0.2, -0.15) is 0 Å². The summed E-state index contributed by atoms with van der Waals surface area (Å²) in [6, 6.07) is -0.112. The molecule has 106 valence electrons. The zero-order chi connectivity index (χ0) is 14.4. The molecule has 2 atom stereocenters. The van der Waals surface area contributed by atoms with Gasteiger partial charge in [-0.3, -0.25) is 14.5 Å². The smallest absolute Gasteiger partial charge is 0.369 e. The van der Waals surface area contributed by atoms with Crippen LogP contribution in [0.1, 0.15) is 33.1 Å². The van der Waals surface area contributed by atoms with E-state index in [1.807, 2.05) is 0 Å². The third kappa shape index (κ3) is 3.81. The van der Waals surface area contributed by atoms with Crippen LogP contribution in [0.3, 0.4) is 0 Å². The van der Waals surface area contributed by atoms with Gasteiger partial charge in [-0.05, 0) is 19.8 Å². The summed E-state index contributed by atoms with van der Waals surface area (Å²) in [7, 11) is 0. The van der Waals surface area contributed by atoms with Crippen molar-refractivity contribution in [2.75, 3.05) is 6.61 Å². The number of hydrogen-bond acceptors (Lipinski definition) is 5. The van der Waals surface area contributed by atoms with Crippen molar-refractivity contribution in [1.82, 2.24) is 4.90 Å². The Morgan fingerprint density at radius 2 is 2.26 bits per heavy atom. The minimum atomic E-state index is -1.27.